The number of ether oxygens (including phenoxy) is 1. The number of para-hydroxylation sites is 2. The van der Waals surface area contributed by atoms with E-state index in [1.165, 1.54) is 25.9 Å². The first kappa shape index (κ1) is 15.8. The average Bonchev–Trinajstić information content (AvgIpc) is 3.02. The van der Waals surface area contributed by atoms with Crippen molar-refractivity contribution in [2.45, 2.75) is 25.8 Å². The minimum absolute atomic E-state index is 0.0480. The molecule has 1 atom stereocenters. The van der Waals surface area contributed by atoms with Gasteiger partial charge in [-0.15, -0.1) is 0 Å². The zero-order valence-corrected chi connectivity index (χ0v) is 12.9. The van der Waals surface area contributed by atoms with Gasteiger partial charge in [0.05, 0.1) is 19.3 Å². The van der Waals surface area contributed by atoms with Crippen molar-refractivity contribution >= 4 is 11.6 Å². The Morgan fingerprint density at radius 2 is 2.05 bits per heavy atom. The summed E-state index contributed by atoms with van der Waals surface area (Å²) in [6.07, 6.45) is 2.58. The molecule has 1 fully saturated rings. The lowest BCUT2D eigenvalue weighted by Gasteiger charge is -2.23. The van der Waals surface area contributed by atoms with E-state index in [-0.39, 0.29) is 5.91 Å². The lowest BCUT2D eigenvalue weighted by molar-refractivity contribution is -0.115. The second-order valence-electron chi connectivity index (χ2n) is 5.47. The lowest BCUT2D eigenvalue weighted by atomic mass is 10.3. The summed E-state index contributed by atoms with van der Waals surface area (Å²) in [5, 5.41) is 6.09. The van der Waals surface area contributed by atoms with Crippen molar-refractivity contribution in [3.63, 3.8) is 0 Å². The first-order chi connectivity index (χ1) is 10.2. The monoisotopic (exact) mass is 291 g/mol. The van der Waals surface area contributed by atoms with Crippen molar-refractivity contribution in [3.05, 3.63) is 24.3 Å². The highest BCUT2D eigenvalue weighted by molar-refractivity contribution is 5.93. The fourth-order valence-corrected chi connectivity index (χ4v) is 2.65. The maximum Gasteiger partial charge on any atom is 0.238 e. The van der Waals surface area contributed by atoms with Crippen molar-refractivity contribution in [1.29, 1.82) is 0 Å². The molecule has 0 radical (unpaired) electrons. The van der Waals surface area contributed by atoms with Gasteiger partial charge in [0.25, 0.3) is 0 Å². The topological polar surface area (TPSA) is 53.6 Å². The number of carbonyl (C=O) groups is 1. The molecule has 1 aliphatic heterocycles. The highest BCUT2D eigenvalue weighted by Gasteiger charge is 2.17. The van der Waals surface area contributed by atoms with E-state index >= 15 is 0 Å². The lowest BCUT2D eigenvalue weighted by Crippen LogP contribution is -2.41. The minimum atomic E-state index is -0.0480. The first-order valence-electron chi connectivity index (χ1n) is 7.58. The predicted octanol–water partition coefficient (Wildman–Crippen LogP) is 1.71. The summed E-state index contributed by atoms with van der Waals surface area (Å²) in [5.74, 6) is 0.629. The van der Waals surface area contributed by atoms with Crippen LogP contribution in [0.2, 0.25) is 0 Å². The maximum atomic E-state index is 11.9. The van der Waals surface area contributed by atoms with E-state index in [9.17, 15) is 4.79 Å². The summed E-state index contributed by atoms with van der Waals surface area (Å²) in [4.78, 5) is 14.4. The van der Waals surface area contributed by atoms with Crippen LogP contribution in [0.3, 0.4) is 0 Å². The Morgan fingerprint density at radius 3 is 2.76 bits per heavy atom. The number of hydrogen-bond acceptors (Lipinski definition) is 4. The van der Waals surface area contributed by atoms with Crippen molar-refractivity contribution < 1.29 is 9.53 Å². The summed E-state index contributed by atoms with van der Waals surface area (Å²) in [7, 11) is 1.60. The van der Waals surface area contributed by atoms with Gasteiger partial charge in [-0.25, -0.2) is 0 Å². The molecule has 1 heterocycles. The molecule has 5 heteroatoms. The van der Waals surface area contributed by atoms with Crippen LogP contribution in [-0.4, -0.2) is 50.1 Å². The third-order valence-electron chi connectivity index (χ3n) is 3.87. The molecule has 21 heavy (non-hydrogen) atoms. The van der Waals surface area contributed by atoms with Gasteiger partial charge in [-0.05, 0) is 45.0 Å². The molecular formula is C16H25N3O2. The largest absolute Gasteiger partial charge is 0.495 e. The Hall–Kier alpha value is -1.59. The van der Waals surface area contributed by atoms with Crippen LogP contribution < -0.4 is 15.4 Å². The third kappa shape index (κ3) is 4.72. The Bertz CT molecular complexity index is 459. The SMILES string of the molecule is COc1ccccc1NC(=O)CNCC(C)N1CCCC1. The highest BCUT2D eigenvalue weighted by atomic mass is 16.5. The third-order valence-corrected chi connectivity index (χ3v) is 3.87. The predicted molar refractivity (Wildman–Crippen MR) is 84.8 cm³/mol. The second kappa shape index (κ2) is 8.00. The summed E-state index contributed by atoms with van der Waals surface area (Å²) in [5.41, 5.74) is 0.708. The number of nitrogens with one attached hydrogen (secondary N) is 2. The molecule has 0 saturated carbocycles. The molecular weight excluding hydrogens is 266 g/mol. The Balaban J connectivity index is 1.72. The summed E-state index contributed by atoms with van der Waals surface area (Å²) < 4.78 is 5.21. The van der Waals surface area contributed by atoms with Gasteiger partial charge in [0, 0.05) is 12.6 Å². The standard InChI is InChI=1S/C16H25N3O2/c1-13(19-9-5-6-10-19)11-17-12-16(20)18-14-7-3-4-8-15(14)21-2/h3-4,7-8,13,17H,5-6,9-12H2,1-2H3,(H,18,20). The van der Waals surface area contributed by atoms with Gasteiger partial charge < -0.3 is 15.4 Å². The van der Waals surface area contributed by atoms with Gasteiger partial charge in [0.2, 0.25) is 5.91 Å². The fourth-order valence-electron chi connectivity index (χ4n) is 2.65. The van der Waals surface area contributed by atoms with E-state index in [4.69, 9.17) is 4.74 Å². The Kier molecular flexibility index (Phi) is 6.02. The molecule has 1 aromatic rings. The molecule has 0 spiro atoms. The van der Waals surface area contributed by atoms with E-state index in [2.05, 4.69) is 22.5 Å². The maximum absolute atomic E-state index is 11.9. The zero-order valence-electron chi connectivity index (χ0n) is 12.9. The van der Waals surface area contributed by atoms with Crippen molar-refractivity contribution in [2.24, 2.45) is 0 Å². The number of anilines is 1. The molecule has 0 bridgehead atoms. The van der Waals surface area contributed by atoms with Crippen LogP contribution in [0.5, 0.6) is 5.75 Å². The molecule has 0 aliphatic carbocycles. The van der Waals surface area contributed by atoms with E-state index in [1.54, 1.807) is 7.11 Å². The molecule has 0 aromatic heterocycles. The van der Waals surface area contributed by atoms with Gasteiger partial charge in [-0.1, -0.05) is 12.1 Å². The number of benzene rings is 1. The van der Waals surface area contributed by atoms with Crippen LogP contribution in [-0.2, 0) is 4.79 Å². The van der Waals surface area contributed by atoms with Crippen LogP contribution in [0.25, 0.3) is 0 Å². The molecule has 1 amide bonds. The van der Waals surface area contributed by atoms with Crippen LogP contribution >= 0.6 is 0 Å². The van der Waals surface area contributed by atoms with Crippen LogP contribution in [0, 0.1) is 0 Å². The minimum Gasteiger partial charge on any atom is -0.495 e. The number of rotatable bonds is 7. The van der Waals surface area contributed by atoms with Crippen molar-refractivity contribution in [2.75, 3.05) is 38.6 Å². The van der Waals surface area contributed by atoms with E-state index in [0.717, 1.165) is 6.54 Å². The molecule has 1 saturated heterocycles. The van der Waals surface area contributed by atoms with Gasteiger partial charge in [0.1, 0.15) is 5.75 Å². The fraction of sp³-hybridized carbons (Fsp3) is 0.562. The number of nitrogens with zero attached hydrogens (tertiary/aromatic N) is 1. The molecule has 1 aliphatic rings. The van der Waals surface area contributed by atoms with Gasteiger partial charge >= 0.3 is 0 Å². The summed E-state index contributed by atoms with van der Waals surface area (Å²) >= 11 is 0. The first-order valence-corrected chi connectivity index (χ1v) is 7.58. The molecule has 5 nitrogen and oxygen atoms in total. The normalized spacial score (nSPS) is 16.7. The van der Waals surface area contributed by atoms with Gasteiger partial charge in [-0.2, -0.15) is 0 Å². The summed E-state index contributed by atoms with van der Waals surface area (Å²) in [6.45, 7) is 5.71. The quantitative estimate of drug-likeness (QED) is 0.803. The van der Waals surface area contributed by atoms with Crippen molar-refractivity contribution in [3.8, 4) is 5.75 Å². The van der Waals surface area contributed by atoms with Crippen LogP contribution in [0.1, 0.15) is 19.8 Å². The number of amides is 1. The molecule has 1 unspecified atom stereocenters. The van der Waals surface area contributed by atoms with Crippen LogP contribution in [0.4, 0.5) is 5.69 Å². The summed E-state index contributed by atoms with van der Waals surface area (Å²) in [6, 6.07) is 7.90. The molecule has 2 rings (SSSR count). The number of likely N-dealkylation sites (tertiary alicyclic amines) is 1. The van der Waals surface area contributed by atoms with Gasteiger partial charge in [0.15, 0.2) is 0 Å². The van der Waals surface area contributed by atoms with E-state index in [0.29, 0.717) is 24.0 Å². The van der Waals surface area contributed by atoms with Crippen LogP contribution in [0.15, 0.2) is 24.3 Å². The smallest absolute Gasteiger partial charge is 0.238 e. The van der Waals surface area contributed by atoms with Gasteiger partial charge in [-0.3, -0.25) is 9.69 Å². The number of methoxy groups -OCH3 is 1. The molecule has 2 N–H and O–H groups in total. The van der Waals surface area contributed by atoms with E-state index < -0.39 is 0 Å². The highest BCUT2D eigenvalue weighted by Crippen LogP contribution is 2.22. The van der Waals surface area contributed by atoms with E-state index in [1.807, 2.05) is 24.3 Å². The number of hydrogen-bond donors (Lipinski definition) is 2. The van der Waals surface area contributed by atoms with Crippen molar-refractivity contribution in [1.82, 2.24) is 10.2 Å². The second-order valence-corrected chi connectivity index (χ2v) is 5.47. The average molecular weight is 291 g/mol. The Morgan fingerprint density at radius 1 is 1.33 bits per heavy atom. The molecule has 1 aromatic carbocycles. The zero-order chi connectivity index (χ0) is 15.1. The Labute approximate surface area is 126 Å². The number of carbonyl (C=O) groups excluding carboxylic acids is 1. The molecule has 116 valence electrons.